The van der Waals surface area contributed by atoms with Crippen LogP contribution < -0.4 is 28.4 Å². The van der Waals surface area contributed by atoms with E-state index in [0.29, 0.717) is 147 Å². The molecular formula is C100H132O24. The van der Waals surface area contributed by atoms with Gasteiger partial charge in [-0.1, -0.05) is 170 Å². The van der Waals surface area contributed by atoms with Crippen molar-refractivity contribution in [3.63, 3.8) is 0 Å². The maximum atomic E-state index is 12.7. The van der Waals surface area contributed by atoms with Crippen molar-refractivity contribution in [2.24, 2.45) is 0 Å². The first-order valence-electron chi connectivity index (χ1n) is 44.9. The molecule has 0 atom stereocenters. The minimum atomic E-state index is -0.785. The number of benzene rings is 6. The Morgan fingerprint density at radius 1 is 0.234 bits per heavy atom. The topological polar surface area (TPSA) is 316 Å². The smallest absolute Gasteiger partial charge is 0.338 e. The summed E-state index contributed by atoms with van der Waals surface area (Å²) in [6, 6.07) is 37.4. The number of ether oxygens (including phenoxy) is 12. The first-order chi connectivity index (χ1) is 60.2. The molecular weight excluding hydrogens is 1590 g/mol. The van der Waals surface area contributed by atoms with Crippen LogP contribution in [-0.4, -0.2) is 109 Å². The third kappa shape index (κ3) is 42.2. The summed E-state index contributed by atoms with van der Waals surface area (Å²) in [5, 5.41) is 0. The normalized spacial score (nSPS) is 14.5. The van der Waals surface area contributed by atoms with Crippen LogP contribution in [0.4, 0.5) is 0 Å². The van der Waals surface area contributed by atoms with Crippen LogP contribution in [-0.2, 0) is 57.2 Å². The molecule has 8 rings (SSSR count). The number of hydrogen-bond acceptors (Lipinski definition) is 24. The second-order valence-corrected chi connectivity index (χ2v) is 31.0. The minimum absolute atomic E-state index is 0. The van der Waals surface area contributed by atoms with Crippen molar-refractivity contribution in [1.82, 2.24) is 0 Å². The van der Waals surface area contributed by atoms with Crippen molar-refractivity contribution in [3.05, 3.63) is 191 Å². The second kappa shape index (κ2) is 60.3. The zero-order valence-corrected chi connectivity index (χ0v) is 73.4. The lowest BCUT2D eigenvalue weighted by Gasteiger charge is -2.28. The highest BCUT2D eigenvalue weighted by Crippen LogP contribution is 2.30. The van der Waals surface area contributed by atoms with Gasteiger partial charge < -0.3 is 56.8 Å². The van der Waals surface area contributed by atoms with E-state index in [9.17, 15) is 57.5 Å². The first-order valence-corrected chi connectivity index (χ1v) is 44.9. The number of rotatable bonds is 50. The van der Waals surface area contributed by atoms with E-state index in [2.05, 4.69) is 41.5 Å². The van der Waals surface area contributed by atoms with Crippen LogP contribution in [0.1, 0.15) is 351 Å². The summed E-state index contributed by atoms with van der Waals surface area (Å²) in [7, 11) is 0. The Morgan fingerprint density at radius 2 is 0.411 bits per heavy atom. The number of unbranched alkanes of at least 4 members (excludes halogenated alkanes) is 20. The second-order valence-electron chi connectivity index (χ2n) is 31.0. The van der Waals surface area contributed by atoms with Crippen molar-refractivity contribution >= 4 is 71.6 Å². The van der Waals surface area contributed by atoms with Gasteiger partial charge in [-0.3, -0.25) is 19.2 Å². The first kappa shape index (κ1) is 102. The summed E-state index contributed by atoms with van der Waals surface area (Å²) in [6.45, 7) is 13.5. The van der Waals surface area contributed by atoms with Gasteiger partial charge in [-0.05, 0) is 235 Å². The van der Waals surface area contributed by atoms with Crippen LogP contribution in [0.3, 0.4) is 0 Å². The molecule has 0 bridgehead atoms. The van der Waals surface area contributed by atoms with Gasteiger partial charge in [-0.2, -0.15) is 0 Å². The van der Waals surface area contributed by atoms with E-state index in [0.717, 1.165) is 153 Å². The molecule has 676 valence electrons. The van der Waals surface area contributed by atoms with E-state index in [1.165, 1.54) is 74.2 Å². The molecule has 124 heavy (non-hydrogen) atoms. The maximum absolute atomic E-state index is 12.7. The zero-order valence-electron chi connectivity index (χ0n) is 73.4. The fraction of sp³-hybridized carbons (Fsp3) is 0.500. The van der Waals surface area contributed by atoms with E-state index >= 15 is 0 Å². The highest BCUT2D eigenvalue weighted by molar-refractivity contribution is 5.95. The molecule has 0 radical (unpaired) electrons. The summed E-state index contributed by atoms with van der Waals surface area (Å²) in [5.74, 6) is -3.23. The minimum Gasteiger partial charge on any atom is -0.462 e. The molecule has 24 heteroatoms. The molecule has 0 amide bonds. The summed E-state index contributed by atoms with van der Waals surface area (Å²) >= 11 is 0. The van der Waals surface area contributed by atoms with Gasteiger partial charge in [0.2, 0.25) is 0 Å². The Bertz CT molecular complexity index is 3950. The molecule has 0 spiro atoms. The third-order valence-corrected chi connectivity index (χ3v) is 20.5. The van der Waals surface area contributed by atoms with Crippen molar-refractivity contribution in [2.75, 3.05) is 13.2 Å². The molecule has 0 aliphatic heterocycles. The Kier molecular flexibility index (Phi) is 49.3. The van der Waals surface area contributed by atoms with Crippen LogP contribution in [0.5, 0.6) is 34.5 Å². The van der Waals surface area contributed by atoms with Gasteiger partial charge in [0.15, 0.2) is 0 Å². The van der Waals surface area contributed by atoms with Gasteiger partial charge in [-0.25, -0.2) is 38.4 Å². The molecule has 6 aromatic rings. The highest BCUT2D eigenvalue weighted by atomic mass is 16.6. The van der Waals surface area contributed by atoms with Gasteiger partial charge in [-0.15, -0.1) is 0 Å². The van der Waals surface area contributed by atoms with Gasteiger partial charge >= 0.3 is 71.6 Å². The molecule has 2 aliphatic carbocycles. The predicted molar refractivity (Wildman–Crippen MR) is 473 cm³/mol. The molecule has 0 unspecified atom stereocenters. The van der Waals surface area contributed by atoms with Gasteiger partial charge in [0.05, 0.1) is 46.6 Å². The predicted octanol–water partition coefficient (Wildman–Crippen LogP) is 23.0. The number of carbonyl (C=O) groups excluding carboxylic acids is 12. The van der Waals surface area contributed by atoms with Crippen LogP contribution >= 0.6 is 0 Å². The van der Waals surface area contributed by atoms with E-state index < -0.39 is 47.8 Å². The van der Waals surface area contributed by atoms with Crippen molar-refractivity contribution in [2.45, 2.75) is 310 Å². The molecule has 6 aromatic carbocycles. The molecule has 2 saturated carbocycles. The van der Waals surface area contributed by atoms with Crippen molar-refractivity contribution in [1.29, 1.82) is 0 Å². The van der Waals surface area contributed by atoms with Crippen molar-refractivity contribution in [3.8, 4) is 34.5 Å². The highest BCUT2D eigenvalue weighted by Gasteiger charge is 2.30. The lowest BCUT2D eigenvalue weighted by molar-refractivity contribution is -0.135. The molecule has 2 aliphatic rings. The number of esters is 12. The van der Waals surface area contributed by atoms with E-state index in [1.54, 1.807) is 97.1 Å². The molecule has 0 aromatic heterocycles. The average Bonchev–Trinajstić information content (AvgIpc) is 0.851. The Hall–Kier alpha value is -11.3. The Balaban J connectivity index is 0.000000394. The van der Waals surface area contributed by atoms with E-state index in [-0.39, 0.29) is 62.6 Å². The zero-order chi connectivity index (χ0) is 89.3. The maximum Gasteiger partial charge on any atom is 0.338 e. The average molecular weight is 1720 g/mol. The van der Waals surface area contributed by atoms with Crippen molar-refractivity contribution < 1.29 is 117 Å². The SMILES string of the molecule is CCCCCC(=O)Oc1ccc(C(=O)OC2CCC(OC(=O)c3ccc(OC(=O)CCCCC)cc3)CC2)cc1.CCCCCCCC(=O)Oc1ccc(C(=O)OC2CCC(OC(=O)c3ccc(OC(=O)CCCCCCC)cc3)CC2)cc1.CCCCCCCOC(=O)c1ccc(OC(=O)C=CC(=O)Oc2ccc(C(=O)OCCCCCCC)cc2)cc1.[HH].[HH]. The largest absolute Gasteiger partial charge is 0.462 e. The monoisotopic (exact) mass is 1720 g/mol. The fourth-order valence-corrected chi connectivity index (χ4v) is 13.2. The quantitative estimate of drug-likeness (QED) is 0.0113. The summed E-state index contributed by atoms with van der Waals surface area (Å²) < 4.78 is 64.8. The Morgan fingerprint density at radius 3 is 0.629 bits per heavy atom. The molecule has 0 saturated heterocycles. The van der Waals surface area contributed by atoms with E-state index in [4.69, 9.17) is 56.8 Å². The van der Waals surface area contributed by atoms with Crippen LogP contribution in [0.25, 0.3) is 0 Å². The summed E-state index contributed by atoms with van der Waals surface area (Å²) in [4.78, 5) is 147. The lowest BCUT2D eigenvalue weighted by Crippen LogP contribution is -2.29. The van der Waals surface area contributed by atoms with Crippen LogP contribution in [0, 0.1) is 0 Å². The van der Waals surface area contributed by atoms with Gasteiger partial charge in [0, 0.05) is 40.7 Å². The van der Waals surface area contributed by atoms with Crippen LogP contribution in [0.2, 0.25) is 0 Å². The summed E-state index contributed by atoms with van der Waals surface area (Å²) in [5.41, 5.74) is 2.25. The molecule has 0 N–H and O–H groups in total. The van der Waals surface area contributed by atoms with E-state index in [1.807, 2.05) is 0 Å². The molecule has 24 nitrogen and oxygen atoms in total. The Labute approximate surface area is 734 Å². The van der Waals surface area contributed by atoms with Gasteiger partial charge in [0.25, 0.3) is 0 Å². The molecule has 2 fully saturated rings. The summed E-state index contributed by atoms with van der Waals surface area (Å²) in [6.07, 6.45) is 33.9. The van der Waals surface area contributed by atoms with Gasteiger partial charge in [0.1, 0.15) is 58.9 Å². The fourth-order valence-electron chi connectivity index (χ4n) is 13.2. The van der Waals surface area contributed by atoms with Crippen LogP contribution in [0.15, 0.2) is 158 Å². The number of hydrogen-bond donors (Lipinski definition) is 0. The lowest BCUT2D eigenvalue weighted by atomic mass is 9.95. The standard InChI is InChI=1S/C36H48O8.2C32H40O8.2H2/c1-3-5-7-9-11-13-33(37)41-29-19-15-27(16-20-29)35(39)43-31-23-25-32(26-24-31)44-36(40)28-17-21-30(22-18-28)42-34(38)14-12-10-8-6-4-2;1-3-5-7-9-29(33)37-25-15-11-23(12-16-25)31(35)39-27-19-21-28(22-20-27)40-32(36)24-13-17-26(18-14-24)38-30(34)10-8-6-4-2;1-3-5-7-9-11-23-37-31(35)25-13-17-27(18-14-25)39-29(33)21-22-30(34)40-28-19-15-26(16-20-28)32(36)38-24-12-10-8-6-4-2;;/h15-22,31-32H,3-14,23-26H2,1-2H3;11-18,27-28H,3-10,19-22H2,1-2H3;13-22H,3-12,23-24H2,1-2H3;2*1H. The third-order valence-electron chi connectivity index (χ3n) is 20.5. The molecule has 0 heterocycles. The number of carbonyl (C=O) groups is 12.